The fraction of sp³-hybridized carbons (Fsp3) is 0.100. The molecular weight excluding hydrogens is 252 g/mol. The summed E-state index contributed by atoms with van der Waals surface area (Å²) >= 11 is 0. The van der Waals surface area contributed by atoms with Gasteiger partial charge in [-0.15, -0.1) is 0 Å². The van der Waals surface area contributed by atoms with E-state index in [2.05, 4.69) is 0 Å². The normalized spacial score (nSPS) is 14.4. The SMILES string of the molecule is O=C(O)C1=CCc2c1cccc2S(=O)(=O)Cl. The van der Waals surface area contributed by atoms with Gasteiger partial charge < -0.3 is 5.11 Å². The Kier molecular flexibility index (Phi) is 2.52. The Balaban J connectivity index is 2.66. The van der Waals surface area contributed by atoms with Crippen molar-refractivity contribution in [3.8, 4) is 0 Å². The number of fused-ring (bicyclic) bond motifs is 1. The van der Waals surface area contributed by atoms with Crippen molar-refractivity contribution in [1.82, 2.24) is 0 Å². The van der Waals surface area contributed by atoms with Crippen molar-refractivity contribution in [2.24, 2.45) is 0 Å². The van der Waals surface area contributed by atoms with Gasteiger partial charge in [0.25, 0.3) is 9.05 Å². The lowest BCUT2D eigenvalue weighted by Crippen LogP contribution is -2.01. The molecule has 0 amide bonds. The lowest BCUT2D eigenvalue weighted by atomic mass is 10.1. The van der Waals surface area contributed by atoms with Crippen LogP contribution in [0.5, 0.6) is 0 Å². The maximum atomic E-state index is 11.3. The molecule has 1 aliphatic rings. The van der Waals surface area contributed by atoms with Crippen LogP contribution in [0.2, 0.25) is 0 Å². The van der Waals surface area contributed by atoms with Crippen LogP contribution in [0.1, 0.15) is 11.1 Å². The molecule has 1 aromatic carbocycles. The van der Waals surface area contributed by atoms with Gasteiger partial charge in [0.1, 0.15) is 0 Å². The van der Waals surface area contributed by atoms with Gasteiger partial charge in [0.15, 0.2) is 0 Å². The van der Waals surface area contributed by atoms with Crippen molar-refractivity contribution in [2.45, 2.75) is 11.3 Å². The Morgan fingerprint density at radius 3 is 2.62 bits per heavy atom. The van der Waals surface area contributed by atoms with Gasteiger partial charge >= 0.3 is 5.97 Å². The Bertz CT molecular complexity index is 601. The Hall–Kier alpha value is -1.33. The third-order valence-corrected chi connectivity index (χ3v) is 3.83. The molecule has 1 aromatic rings. The number of benzene rings is 1. The van der Waals surface area contributed by atoms with Crippen LogP contribution in [-0.2, 0) is 20.3 Å². The van der Waals surface area contributed by atoms with Crippen molar-refractivity contribution in [3.63, 3.8) is 0 Å². The first kappa shape index (κ1) is 11.2. The number of hydrogen-bond donors (Lipinski definition) is 1. The molecule has 0 aromatic heterocycles. The Labute approximate surface area is 96.6 Å². The zero-order chi connectivity index (χ0) is 11.9. The van der Waals surface area contributed by atoms with Crippen molar-refractivity contribution in [3.05, 3.63) is 35.4 Å². The monoisotopic (exact) mass is 258 g/mol. The van der Waals surface area contributed by atoms with Gasteiger partial charge in [-0.25, -0.2) is 13.2 Å². The second-order valence-corrected chi connectivity index (χ2v) is 5.88. The molecule has 0 saturated carbocycles. The van der Waals surface area contributed by atoms with Crippen molar-refractivity contribution < 1.29 is 18.3 Å². The van der Waals surface area contributed by atoms with E-state index in [1.807, 2.05) is 0 Å². The van der Waals surface area contributed by atoms with E-state index in [-0.39, 0.29) is 16.9 Å². The second kappa shape index (κ2) is 3.61. The summed E-state index contributed by atoms with van der Waals surface area (Å²) in [5.41, 5.74) is 1.00. The molecular formula is C10H7ClO4S. The quantitative estimate of drug-likeness (QED) is 0.819. The van der Waals surface area contributed by atoms with E-state index < -0.39 is 15.0 Å². The number of aliphatic carboxylic acids is 1. The summed E-state index contributed by atoms with van der Waals surface area (Å²) in [6, 6.07) is 4.43. The van der Waals surface area contributed by atoms with Crippen molar-refractivity contribution >= 4 is 31.3 Å². The minimum atomic E-state index is -3.83. The van der Waals surface area contributed by atoms with Crippen molar-refractivity contribution in [1.29, 1.82) is 0 Å². The van der Waals surface area contributed by atoms with Crippen molar-refractivity contribution in [2.75, 3.05) is 0 Å². The van der Waals surface area contributed by atoms with Crippen LogP contribution in [0, 0.1) is 0 Å². The highest BCUT2D eigenvalue weighted by Crippen LogP contribution is 2.33. The average molecular weight is 259 g/mol. The van der Waals surface area contributed by atoms with E-state index >= 15 is 0 Å². The molecule has 1 N–H and O–H groups in total. The number of rotatable bonds is 2. The van der Waals surface area contributed by atoms with Crippen LogP contribution in [0.4, 0.5) is 0 Å². The smallest absolute Gasteiger partial charge is 0.335 e. The van der Waals surface area contributed by atoms with E-state index in [1.54, 1.807) is 6.07 Å². The topological polar surface area (TPSA) is 71.4 Å². The largest absolute Gasteiger partial charge is 0.478 e. The van der Waals surface area contributed by atoms with Crippen LogP contribution in [0.25, 0.3) is 5.57 Å². The van der Waals surface area contributed by atoms with Crippen LogP contribution in [0.15, 0.2) is 29.2 Å². The minimum Gasteiger partial charge on any atom is -0.478 e. The molecule has 0 unspecified atom stereocenters. The lowest BCUT2D eigenvalue weighted by molar-refractivity contribution is -0.130. The summed E-state index contributed by atoms with van der Waals surface area (Å²) in [5, 5.41) is 8.90. The van der Waals surface area contributed by atoms with E-state index in [1.165, 1.54) is 18.2 Å². The third kappa shape index (κ3) is 1.72. The average Bonchev–Trinajstić information content (AvgIpc) is 2.58. The van der Waals surface area contributed by atoms with Gasteiger partial charge in [-0.2, -0.15) is 0 Å². The predicted molar refractivity (Wildman–Crippen MR) is 58.8 cm³/mol. The first-order chi connectivity index (χ1) is 7.41. The molecule has 0 fully saturated rings. The summed E-state index contributed by atoms with van der Waals surface area (Å²) < 4.78 is 22.5. The van der Waals surface area contributed by atoms with Gasteiger partial charge in [-0.3, -0.25) is 0 Å². The lowest BCUT2D eigenvalue weighted by Gasteiger charge is -2.05. The Morgan fingerprint density at radius 2 is 2.06 bits per heavy atom. The molecule has 0 radical (unpaired) electrons. The van der Waals surface area contributed by atoms with Gasteiger partial charge in [-0.05, 0) is 23.6 Å². The second-order valence-electron chi connectivity index (χ2n) is 3.35. The molecule has 4 nitrogen and oxygen atoms in total. The molecule has 0 bridgehead atoms. The summed E-state index contributed by atoms with van der Waals surface area (Å²) in [4.78, 5) is 10.9. The fourth-order valence-electron chi connectivity index (χ4n) is 1.77. The van der Waals surface area contributed by atoms with E-state index in [0.717, 1.165) is 0 Å². The summed E-state index contributed by atoms with van der Waals surface area (Å²) in [7, 11) is 1.44. The number of carbonyl (C=O) groups is 1. The highest BCUT2D eigenvalue weighted by Gasteiger charge is 2.25. The molecule has 1 aliphatic carbocycles. The van der Waals surface area contributed by atoms with Gasteiger partial charge in [0, 0.05) is 10.7 Å². The molecule has 0 heterocycles. The van der Waals surface area contributed by atoms with Gasteiger partial charge in [-0.1, -0.05) is 18.2 Å². The van der Waals surface area contributed by atoms with Gasteiger partial charge in [0.05, 0.1) is 10.5 Å². The predicted octanol–water partition coefficient (Wildman–Crippen LogP) is 1.64. The van der Waals surface area contributed by atoms with E-state index in [4.69, 9.17) is 15.8 Å². The number of halogens is 1. The zero-order valence-corrected chi connectivity index (χ0v) is 9.55. The first-order valence-electron chi connectivity index (χ1n) is 4.41. The number of carboxylic acid groups (broad SMARTS) is 1. The van der Waals surface area contributed by atoms with Gasteiger partial charge in [0.2, 0.25) is 0 Å². The minimum absolute atomic E-state index is 0.0147. The molecule has 0 aliphatic heterocycles. The molecule has 0 atom stereocenters. The summed E-state index contributed by atoms with van der Waals surface area (Å²) in [5.74, 6) is -1.07. The van der Waals surface area contributed by atoms with E-state index in [0.29, 0.717) is 11.1 Å². The molecule has 16 heavy (non-hydrogen) atoms. The number of carboxylic acids is 1. The fourth-order valence-corrected chi connectivity index (χ4v) is 2.94. The molecule has 0 saturated heterocycles. The standard InChI is InChI=1S/C10H7ClO4S/c11-16(14,15)9-3-1-2-6-7(9)4-5-8(6)10(12)13/h1-3,5H,4H2,(H,12,13). The maximum Gasteiger partial charge on any atom is 0.335 e. The first-order valence-corrected chi connectivity index (χ1v) is 6.72. The number of hydrogen-bond acceptors (Lipinski definition) is 3. The van der Waals surface area contributed by atoms with Crippen LogP contribution < -0.4 is 0 Å². The highest BCUT2D eigenvalue weighted by molar-refractivity contribution is 8.13. The molecule has 84 valence electrons. The Morgan fingerprint density at radius 1 is 1.38 bits per heavy atom. The highest BCUT2D eigenvalue weighted by atomic mass is 35.7. The maximum absolute atomic E-state index is 11.3. The third-order valence-electron chi connectivity index (χ3n) is 2.43. The number of allylic oxidation sites excluding steroid dienone is 1. The molecule has 2 rings (SSSR count). The summed E-state index contributed by atoms with van der Waals surface area (Å²) in [6.07, 6.45) is 1.76. The zero-order valence-electron chi connectivity index (χ0n) is 7.97. The van der Waals surface area contributed by atoms with Crippen LogP contribution in [-0.4, -0.2) is 19.5 Å². The molecule has 6 heteroatoms. The van der Waals surface area contributed by atoms with Crippen LogP contribution >= 0.6 is 10.7 Å². The molecule has 0 spiro atoms. The van der Waals surface area contributed by atoms with Crippen LogP contribution in [0.3, 0.4) is 0 Å². The van der Waals surface area contributed by atoms with E-state index in [9.17, 15) is 13.2 Å². The summed E-state index contributed by atoms with van der Waals surface area (Å²) in [6.45, 7) is 0.